The van der Waals surface area contributed by atoms with E-state index in [0.717, 1.165) is 30.5 Å². The number of hydrogen-bond donors (Lipinski definition) is 2. The molecule has 2 N–H and O–H groups in total. The zero-order valence-corrected chi connectivity index (χ0v) is 13.8. The molecule has 2 aromatic rings. The second kappa shape index (κ2) is 6.44. The van der Waals surface area contributed by atoms with E-state index in [4.69, 9.17) is 0 Å². The van der Waals surface area contributed by atoms with Crippen LogP contribution in [0.3, 0.4) is 0 Å². The topological polar surface area (TPSA) is 99.8 Å². The lowest BCUT2D eigenvalue weighted by molar-refractivity contribution is -0.143. The Morgan fingerprint density at radius 1 is 1.44 bits per heavy atom. The van der Waals surface area contributed by atoms with Crippen molar-refractivity contribution in [1.82, 2.24) is 24.8 Å². The summed E-state index contributed by atoms with van der Waals surface area (Å²) in [5.41, 5.74) is 1.97. The largest absolute Gasteiger partial charge is 0.480 e. The van der Waals surface area contributed by atoms with E-state index in [1.54, 1.807) is 9.42 Å². The van der Waals surface area contributed by atoms with Crippen molar-refractivity contribution in [3.8, 4) is 0 Å². The molecule has 8 nitrogen and oxygen atoms in total. The predicted molar refractivity (Wildman–Crippen MR) is 89.0 cm³/mol. The number of aliphatic carboxylic acids is 1. The smallest absolute Gasteiger partial charge is 0.322 e. The van der Waals surface area contributed by atoms with E-state index in [-0.39, 0.29) is 17.9 Å². The number of amides is 1. The van der Waals surface area contributed by atoms with Crippen LogP contribution < -0.4 is 5.32 Å². The molecule has 4 heterocycles. The second-order valence-electron chi connectivity index (χ2n) is 6.76. The lowest BCUT2D eigenvalue weighted by Crippen LogP contribution is -2.59. The Labute approximate surface area is 144 Å². The number of piperazine rings is 1. The van der Waals surface area contributed by atoms with Gasteiger partial charge in [-0.05, 0) is 37.3 Å². The molecule has 0 saturated carbocycles. The van der Waals surface area contributed by atoms with Crippen molar-refractivity contribution in [3.63, 3.8) is 0 Å². The number of nitrogens with zero attached hydrogens (tertiary/aromatic N) is 4. The summed E-state index contributed by atoms with van der Waals surface area (Å²) in [5.74, 6) is -0.843. The molecule has 0 aromatic carbocycles. The number of rotatable bonds is 5. The SMILES string of the molecule is O=C(O)C1NCCN2C(=O)C(CCCc3cccn4ncnc34)CC12. The number of pyridine rings is 1. The maximum Gasteiger partial charge on any atom is 0.322 e. The zero-order chi connectivity index (χ0) is 17.4. The average Bonchev–Trinajstić information content (AvgIpc) is 3.20. The Hall–Kier alpha value is -2.48. The highest BCUT2D eigenvalue weighted by atomic mass is 16.4. The van der Waals surface area contributed by atoms with Gasteiger partial charge in [-0.25, -0.2) is 9.50 Å². The first-order chi connectivity index (χ1) is 12.1. The molecule has 2 aliphatic heterocycles. The summed E-state index contributed by atoms with van der Waals surface area (Å²) >= 11 is 0. The Bertz CT molecular complexity index is 804. The van der Waals surface area contributed by atoms with E-state index in [9.17, 15) is 14.7 Å². The number of carbonyl (C=O) groups is 2. The summed E-state index contributed by atoms with van der Waals surface area (Å²) in [7, 11) is 0. The van der Waals surface area contributed by atoms with Gasteiger partial charge in [0.25, 0.3) is 0 Å². The van der Waals surface area contributed by atoms with Gasteiger partial charge in [-0.15, -0.1) is 0 Å². The minimum Gasteiger partial charge on any atom is -0.480 e. The molecule has 2 aromatic heterocycles. The lowest BCUT2D eigenvalue weighted by Gasteiger charge is -2.35. The van der Waals surface area contributed by atoms with E-state index >= 15 is 0 Å². The van der Waals surface area contributed by atoms with Crippen LogP contribution in [0.2, 0.25) is 0 Å². The minimum absolute atomic E-state index is 0.0793. The fourth-order valence-electron chi connectivity index (χ4n) is 4.12. The fourth-order valence-corrected chi connectivity index (χ4v) is 4.12. The molecule has 0 spiro atoms. The molecule has 25 heavy (non-hydrogen) atoms. The summed E-state index contributed by atoms with van der Waals surface area (Å²) in [6, 6.07) is 3.12. The fraction of sp³-hybridized carbons (Fsp3) is 0.529. The zero-order valence-electron chi connectivity index (χ0n) is 13.8. The van der Waals surface area contributed by atoms with E-state index in [1.165, 1.54) is 6.33 Å². The van der Waals surface area contributed by atoms with Crippen LogP contribution in [0.4, 0.5) is 0 Å². The lowest BCUT2D eigenvalue weighted by atomic mass is 9.94. The molecule has 8 heteroatoms. The van der Waals surface area contributed by atoms with Crippen molar-refractivity contribution in [1.29, 1.82) is 0 Å². The molecule has 132 valence electrons. The summed E-state index contributed by atoms with van der Waals surface area (Å²) in [6.07, 6.45) is 6.50. The third-order valence-electron chi connectivity index (χ3n) is 5.31. The van der Waals surface area contributed by atoms with Crippen LogP contribution in [0.1, 0.15) is 24.8 Å². The number of carbonyl (C=O) groups excluding carboxylic acids is 1. The van der Waals surface area contributed by atoms with Gasteiger partial charge in [0.1, 0.15) is 12.4 Å². The molecule has 2 fully saturated rings. The summed E-state index contributed by atoms with van der Waals surface area (Å²) in [4.78, 5) is 30.0. The van der Waals surface area contributed by atoms with Gasteiger partial charge in [0.05, 0.1) is 6.04 Å². The third-order valence-corrected chi connectivity index (χ3v) is 5.31. The van der Waals surface area contributed by atoms with Crippen LogP contribution in [0.5, 0.6) is 0 Å². The Kier molecular flexibility index (Phi) is 4.12. The van der Waals surface area contributed by atoms with Crippen LogP contribution in [0.15, 0.2) is 24.7 Å². The van der Waals surface area contributed by atoms with Crippen LogP contribution in [-0.2, 0) is 16.0 Å². The van der Waals surface area contributed by atoms with Crippen molar-refractivity contribution in [2.45, 2.75) is 37.8 Å². The first-order valence-electron chi connectivity index (χ1n) is 8.69. The van der Waals surface area contributed by atoms with Gasteiger partial charge in [0.15, 0.2) is 5.65 Å². The third kappa shape index (κ3) is 2.86. The Morgan fingerprint density at radius 3 is 3.16 bits per heavy atom. The number of aromatic nitrogens is 3. The van der Waals surface area contributed by atoms with Gasteiger partial charge in [-0.1, -0.05) is 6.07 Å². The quantitative estimate of drug-likeness (QED) is 0.811. The monoisotopic (exact) mass is 343 g/mol. The van der Waals surface area contributed by atoms with Crippen LogP contribution in [0.25, 0.3) is 5.65 Å². The number of aryl methyl sites for hydroxylation is 1. The molecule has 1 amide bonds. The molecular weight excluding hydrogens is 322 g/mol. The number of carboxylic acids is 1. The van der Waals surface area contributed by atoms with Gasteiger partial charge in [-0.2, -0.15) is 5.10 Å². The van der Waals surface area contributed by atoms with Crippen molar-refractivity contribution < 1.29 is 14.7 Å². The van der Waals surface area contributed by atoms with Gasteiger partial charge in [-0.3, -0.25) is 9.59 Å². The first kappa shape index (κ1) is 16.0. The number of carboxylic acid groups (broad SMARTS) is 1. The van der Waals surface area contributed by atoms with Crippen LogP contribution in [-0.4, -0.2) is 61.7 Å². The van der Waals surface area contributed by atoms with Crippen molar-refractivity contribution in [3.05, 3.63) is 30.2 Å². The van der Waals surface area contributed by atoms with Crippen molar-refractivity contribution in [2.75, 3.05) is 13.1 Å². The highest BCUT2D eigenvalue weighted by Crippen LogP contribution is 2.32. The van der Waals surface area contributed by atoms with Gasteiger partial charge < -0.3 is 15.3 Å². The minimum atomic E-state index is -0.873. The number of fused-ring (bicyclic) bond motifs is 2. The highest BCUT2D eigenvalue weighted by Gasteiger charge is 2.46. The molecule has 3 unspecified atom stereocenters. The first-order valence-corrected chi connectivity index (χ1v) is 8.69. The molecule has 4 rings (SSSR count). The molecule has 2 aliphatic rings. The standard InChI is InChI=1S/C17H21N5O3/c23-16-12(9-13-14(17(24)25)18-6-8-21(13)16)4-1-3-11-5-2-7-22-15(11)19-10-20-22/h2,5,7,10,12-14,18H,1,3-4,6,8-9H2,(H,24,25). The van der Waals surface area contributed by atoms with E-state index in [0.29, 0.717) is 19.5 Å². The van der Waals surface area contributed by atoms with Crippen molar-refractivity contribution >= 4 is 17.5 Å². The predicted octanol–water partition coefficient (Wildman–Crippen LogP) is 0.326. The van der Waals surface area contributed by atoms with Gasteiger partial charge in [0.2, 0.25) is 5.91 Å². The summed E-state index contributed by atoms with van der Waals surface area (Å²) < 4.78 is 1.75. The second-order valence-corrected chi connectivity index (χ2v) is 6.76. The highest BCUT2D eigenvalue weighted by molar-refractivity contribution is 5.84. The van der Waals surface area contributed by atoms with E-state index in [1.807, 2.05) is 18.3 Å². The number of hydrogen-bond acceptors (Lipinski definition) is 5. The molecule has 2 saturated heterocycles. The normalized spacial score (nSPS) is 26.2. The molecule has 0 radical (unpaired) electrons. The molecular formula is C17H21N5O3. The van der Waals surface area contributed by atoms with Crippen LogP contribution in [0, 0.1) is 5.92 Å². The Morgan fingerprint density at radius 2 is 2.32 bits per heavy atom. The molecule has 0 aliphatic carbocycles. The van der Waals surface area contributed by atoms with Gasteiger partial charge in [0, 0.05) is 25.2 Å². The summed E-state index contributed by atoms with van der Waals surface area (Å²) in [5, 5.41) is 16.5. The Balaban J connectivity index is 1.39. The molecule has 0 bridgehead atoms. The van der Waals surface area contributed by atoms with Gasteiger partial charge >= 0.3 is 5.97 Å². The number of nitrogens with one attached hydrogen (secondary N) is 1. The van der Waals surface area contributed by atoms with Crippen LogP contribution >= 0.6 is 0 Å². The van der Waals surface area contributed by atoms with E-state index < -0.39 is 12.0 Å². The summed E-state index contributed by atoms with van der Waals surface area (Å²) in [6.45, 7) is 1.14. The molecule has 3 atom stereocenters. The maximum absolute atomic E-state index is 12.6. The maximum atomic E-state index is 12.6. The van der Waals surface area contributed by atoms with Crippen molar-refractivity contribution in [2.24, 2.45) is 5.92 Å². The van der Waals surface area contributed by atoms with E-state index in [2.05, 4.69) is 15.4 Å². The average molecular weight is 343 g/mol.